The van der Waals surface area contributed by atoms with E-state index in [1.54, 1.807) is 0 Å². The van der Waals surface area contributed by atoms with Crippen molar-refractivity contribution in [3.63, 3.8) is 0 Å². The van der Waals surface area contributed by atoms with Crippen molar-refractivity contribution < 1.29 is 13.2 Å². The Morgan fingerprint density at radius 2 is 1.68 bits per heavy atom. The second-order valence-corrected chi connectivity index (χ2v) is 7.96. The molecule has 1 atom stereocenters. The Morgan fingerprint density at radius 1 is 0.893 bits per heavy atom. The van der Waals surface area contributed by atoms with E-state index in [1.807, 2.05) is 24.3 Å². The van der Waals surface area contributed by atoms with Crippen molar-refractivity contribution in [2.45, 2.75) is 57.8 Å². The number of halogens is 3. The van der Waals surface area contributed by atoms with E-state index in [1.165, 1.54) is 30.5 Å². The molecule has 0 spiro atoms. The third kappa shape index (κ3) is 3.67. The maximum atomic E-state index is 15.3. The number of benzene rings is 3. The number of fused-ring (bicyclic) bond motifs is 2. The van der Waals surface area contributed by atoms with Gasteiger partial charge in [-0.25, -0.2) is 13.2 Å². The highest BCUT2D eigenvalue weighted by molar-refractivity contribution is 5.84. The Morgan fingerprint density at radius 3 is 2.46 bits per heavy atom. The molecule has 1 aliphatic rings. The molecular formula is C25H25F3. The fraction of sp³-hybridized carbons (Fsp3) is 0.360. The summed E-state index contributed by atoms with van der Waals surface area (Å²) < 4.78 is 42.4. The molecule has 0 saturated heterocycles. The minimum Gasteiger partial charge on any atom is -0.206 e. The van der Waals surface area contributed by atoms with Crippen LogP contribution in [0.5, 0.6) is 0 Å². The maximum Gasteiger partial charge on any atom is 0.159 e. The number of hydrogen-bond donors (Lipinski definition) is 0. The van der Waals surface area contributed by atoms with Crippen LogP contribution in [0.2, 0.25) is 0 Å². The Kier molecular flexibility index (Phi) is 5.43. The first-order valence-corrected chi connectivity index (χ1v) is 10.2. The average molecular weight is 382 g/mol. The van der Waals surface area contributed by atoms with Crippen LogP contribution in [-0.2, 0) is 19.3 Å². The van der Waals surface area contributed by atoms with Crippen molar-refractivity contribution in [2.24, 2.45) is 0 Å². The number of hydrogen-bond acceptors (Lipinski definition) is 0. The van der Waals surface area contributed by atoms with Gasteiger partial charge in [-0.05, 0) is 77.8 Å². The Bertz CT molecular complexity index is 1010. The van der Waals surface area contributed by atoms with Crippen LogP contribution in [-0.4, -0.2) is 0 Å². The summed E-state index contributed by atoms with van der Waals surface area (Å²) in [4.78, 5) is 0. The number of rotatable bonds is 5. The first kappa shape index (κ1) is 19.0. The smallest absolute Gasteiger partial charge is 0.159 e. The lowest BCUT2D eigenvalue weighted by Crippen LogP contribution is -2.15. The molecule has 0 bridgehead atoms. The second-order valence-electron chi connectivity index (χ2n) is 7.96. The minimum atomic E-state index is -0.825. The third-order valence-corrected chi connectivity index (χ3v) is 6.03. The zero-order valence-corrected chi connectivity index (χ0v) is 16.2. The summed E-state index contributed by atoms with van der Waals surface area (Å²) in [5, 5.41) is 1.58. The van der Waals surface area contributed by atoms with Gasteiger partial charge in [-0.1, -0.05) is 50.1 Å². The zero-order valence-electron chi connectivity index (χ0n) is 16.2. The quantitative estimate of drug-likeness (QED) is 0.407. The van der Waals surface area contributed by atoms with Crippen molar-refractivity contribution in [3.05, 3.63) is 82.2 Å². The van der Waals surface area contributed by atoms with E-state index in [-0.39, 0.29) is 11.7 Å². The predicted octanol–water partition coefficient (Wildman–Crippen LogP) is 7.26. The molecule has 3 aromatic carbocycles. The van der Waals surface area contributed by atoms with Crippen LogP contribution in [0, 0.1) is 17.5 Å². The van der Waals surface area contributed by atoms with Gasteiger partial charge in [0.2, 0.25) is 0 Å². The summed E-state index contributed by atoms with van der Waals surface area (Å²) in [6, 6.07) is 12.4. The van der Waals surface area contributed by atoms with Crippen molar-refractivity contribution in [2.75, 3.05) is 0 Å². The maximum absolute atomic E-state index is 15.3. The van der Waals surface area contributed by atoms with Gasteiger partial charge in [0.15, 0.2) is 11.6 Å². The first-order chi connectivity index (χ1) is 13.6. The van der Waals surface area contributed by atoms with Crippen LogP contribution < -0.4 is 0 Å². The fourth-order valence-electron chi connectivity index (χ4n) is 4.42. The van der Waals surface area contributed by atoms with Gasteiger partial charge in [-0.3, -0.25) is 0 Å². The van der Waals surface area contributed by atoms with Gasteiger partial charge in [0.1, 0.15) is 5.82 Å². The highest BCUT2D eigenvalue weighted by Crippen LogP contribution is 2.36. The Hall–Kier alpha value is -2.29. The first-order valence-electron chi connectivity index (χ1n) is 10.2. The molecule has 1 aliphatic carbocycles. The van der Waals surface area contributed by atoms with E-state index in [4.69, 9.17) is 0 Å². The summed E-state index contributed by atoms with van der Waals surface area (Å²) in [5.41, 5.74) is 3.56. The second kappa shape index (κ2) is 7.98. The lowest BCUT2D eigenvalue weighted by Gasteiger charge is -2.26. The highest BCUT2D eigenvalue weighted by Gasteiger charge is 2.25. The number of unbranched alkanes of at least 4 members (excludes halogenated alkanes) is 2. The molecule has 0 aliphatic heterocycles. The Balaban J connectivity index is 1.61. The molecule has 146 valence electrons. The summed E-state index contributed by atoms with van der Waals surface area (Å²) in [6.07, 6.45) is 6.51. The molecule has 0 fully saturated rings. The van der Waals surface area contributed by atoms with Gasteiger partial charge in [-0.2, -0.15) is 0 Å². The molecule has 0 N–H and O–H groups in total. The molecule has 28 heavy (non-hydrogen) atoms. The summed E-state index contributed by atoms with van der Waals surface area (Å²) >= 11 is 0. The SMILES string of the molecule is CCCCCc1ccc2c(F)c(C3CCc4cc(F)c(F)cc4C3)ccc2c1. The van der Waals surface area contributed by atoms with Gasteiger partial charge in [0, 0.05) is 5.39 Å². The lowest BCUT2D eigenvalue weighted by molar-refractivity contribution is 0.493. The molecule has 0 nitrogen and oxygen atoms in total. The van der Waals surface area contributed by atoms with Crippen molar-refractivity contribution in [1.82, 2.24) is 0 Å². The van der Waals surface area contributed by atoms with Crippen LogP contribution in [0.4, 0.5) is 13.2 Å². The predicted molar refractivity (Wildman–Crippen MR) is 108 cm³/mol. The summed E-state index contributed by atoms with van der Waals surface area (Å²) in [5.74, 6) is -1.81. The standard InChI is InChI=1S/C25H25F3/c1-2-3-4-5-16-6-10-21-18(12-16)9-11-22(25(21)28)19-8-7-17-14-23(26)24(27)15-20(17)13-19/h6,9-12,14-15,19H,2-5,7-8,13H2,1H3. The minimum absolute atomic E-state index is 0.00834. The van der Waals surface area contributed by atoms with E-state index < -0.39 is 11.6 Å². The summed E-state index contributed by atoms with van der Waals surface area (Å²) in [7, 11) is 0. The van der Waals surface area contributed by atoms with Gasteiger partial charge in [0.05, 0.1) is 0 Å². The highest BCUT2D eigenvalue weighted by atomic mass is 19.2. The average Bonchev–Trinajstić information content (AvgIpc) is 2.69. The molecular weight excluding hydrogens is 357 g/mol. The lowest BCUT2D eigenvalue weighted by atomic mass is 9.79. The molecule has 0 saturated carbocycles. The van der Waals surface area contributed by atoms with Crippen LogP contribution in [0.3, 0.4) is 0 Å². The molecule has 4 rings (SSSR count). The largest absolute Gasteiger partial charge is 0.206 e. The zero-order chi connectivity index (χ0) is 19.7. The monoisotopic (exact) mass is 382 g/mol. The van der Waals surface area contributed by atoms with E-state index in [0.29, 0.717) is 23.8 Å². The van der Waals surface area contributed by atoms with E-state index >= 15 is 4.39 Å². The Labute approximate surface area is 164 Å². The van der Waals surface area contributed by atoms with E-state index in [9.17, 15) is 8.78 Å². The van der Waals surface area contributed by atoms with Crippen LogP contribution in [0.1, 0.15) is 60.8 Å². The van der Waals surface area contributed by atoms with Gasteiger partial charge >= 0.3 is 0 Å². The molecule has 3 heteroatoms. The molecule has 0 aromatic heterocycles. The fourth-order valence-corrected chi connectivity index (χ4v) is 4.42. The van der Waals surface area contributed by atoms with Gasteiger partial charge < -0.3 is 0 Å². The van der Waals surface area contributed by atoms with E-state index in [0.717, 1.165) is 35.8 Å². The van der Waals surface area contributed by atoms with Gasteiger partial charge in [0.25, 0.3) is 0 Å². The molecule has 0 amide bonds. The van der Waals surface area contributed by atoms with Crippen molar-refractivity contribution in [3.8, 4) is 0 Å². The van der Waals surface area contributed by atoms with E-state index in [2.05, 4.69) is 13.0 Å². The summed E-state index contributed by atoms with van der Waals surface area (Å²) in [6.45, 7) is 2.19. The third-order valence-electron chi connectivity index (χ3n) is 6.03. The molecule has 0 radical (unpaired) electrons. The van der Waals surface area contributed by atoms with Crippen LogP contribution in [0.15, 0.2) is 42.5 Å². The molecule has 0 heterocycles. The topological polar surface area (TPSA) is 0 Å². The number of aryl methyl sites for hydroxylation is 2. The molecule has 1 unspecified atom stereocenters. The normalized spacial score (nSPS) is 16.4. The van der Waals surface area contributed by atoms with Crippen LogP contribution >= 0.6 is 0 Å². The van der Waals surface area contributed by atoms with Crippen molar-refractivity contribution in [1.29, 1.82) is 0 Å². The van der Waals surface area contributed by atoms with Crippen LogP contribution in [0.25, 0.3) is 10.8 Å². The van der Waals surface area contributed by atoms with Gasteiger partial charge in [-0.15, -0.1) is 0 Å². The molecule has 3 aromatic rings. The van der Waals surface area contributed by atoms with Crippen molar-refractivity contribution >= 4 is 10.8 Å².